The number of fused-ring (bicyclic) bond motifs is 1. The van der Waals surface area contributed by atoms with Crippen molar-refractivity contribution in [1.82, 2.24) is 5.32 Å². The summed E-state index contributed by atoms with van der Waals surface area (Å²) < 4.78 is 5.55. The van der Waals surface area contributed by atoms with Crippen LogP contribution in [0.15, 0.2) is 0 Å². The average molecular weight is 255 g/mol. The highest BCUT2D eigenvalue weighted by molar-refractivity contribution is 7.14. The first-order valence-electron chi connectivity index (χ1n) is 5.64. The largest absolute Gasteiger partial charge is 0.481 e. The number of ether oxygens (including phenoxy) is 1. The van der Waals surface area contributed by atoms with Gasteiger partial charge in [0, 0.05) is 11.3 Å². The van der Waals surface area contributed by atoms with Crippen molar-refractivity contribution in [2.75, 3.05) is 13.2 Å². The molecule has 1 amide bonds. The van der Waals surface area contributed by atoms with Gasteiger partial charge in [0.05, 0.1) is 17.7 Å². The normalized spacial score (nSPS) is 15.9. The molecule has 2 rings (SSSR count). The van der Waals surface area contributed by atoms with Crippen LogP contribution in [0.4, 0.5) is 0 Å². The first kappa shape index (κ1) is 12.4. The Bertz CT molecular complexity index is 445. The van der Waals surface area contributed by atoms with E-state index >= 15 is 0 Å². The number of hydrogen-bond acceptors (Lipinski definition) is 4. The van der Waals surface area contributed by atoms with E-state index < -0.39 is 5.60 Å². The van der Waals surface area contributed by atoms with Crippen LogP contribution < -0.4 is 10.1 Å². The summed E-state index contributed by atoms with van der Waals surface area (Å²) in [6.07, 6.45) is 0.535. The summed E-state index contributed by atoms with van der Waals surface area (Å²) in [6, 6.07) is 0. The van der Waals surface area contributed by atoms with E-state index in [-0.39, 0.29) is 5.91 Å². The third kappa shape index (κ3) is 2.61. The Labute approximate surface area is 105 Å². The van der Waals surface area contributed by atoms with Crippen LogP contribution in [0.25, 0.3) is 0 Å². The van der Waals surface area contributed by atoms with E-state index in [0.29, 0.717) is 30.2 Å². The first-order valence-corrected chi connectivity index (χ1v) is 6.46. The zero-order chi connectivity index (χ0) is 12.6. The van der Waals surface area contributed by atoms with Crippen LogP contribution in [0.2, 0.25) is 0 Å². The minimum absolute atomic E-state index is 0.0757. The molecule has 0 aliphatic carbocycles. The topological polar surface area (TPSA) is 58.6 Å². The van der Waals surface area contributed by atoms with Crippen LogP contribution in [0.3, 0.4) is 0 Å². The van der Waals surface area contributed by atoms with E-state index in [4.69, 9.17) is 4.74 Å². The molecule has 5 heteroatoms. The van der Waals surface area contributed by atoms with Gasteiger partial charge in [-0.25, -0.2) is 0 Å². The molecule has 0 saturated heterocycles. The fourth-order valence-corrected chi connectivity index (χ4v) is 3.25. The van der Waals surface area contributed by atoms with E-state index in [2.05, 4.69) is 5.32 Å². The van der Waals surface area contributed by atoms with Gasteiger partial charge in [0.2, 0.25) is 0 Å². The van der Waals surface area contributed by atoms with Crippen LogP contribution in [0.1, 0.15) is 34.6 Å². The van der Waals surface area contributed by atoms with Crippen LogP contribution in [-0.4, -0.2) is 29.8 Å². The lowest BCUT2D eigenvalue weighted by atomic mass is 10.0. The van der Waals surface area contributed by atoms with Gasteiger partial charge >= 0.3 is 0 Å². The maximum Gasteiger partial charge on any atom is 0.256 e. The second-order valence-electron chi connectivity index (χ2n) is 4.91. The Morgan fingerprint density at radius 3 is 2.88 bits per heavy atom. The smallest absolute Gasteiger partial charge is 0.256 e. The molecule has 0 fully saturated rings. The first-order chi connectivity index (χ1) is 7.88. The Kier molecular flexibility index (Phi) is 3.14. The number of carbonyl (C=O) groups excluding carboxylic acids is 1. The average Bonchev–Trinajstić information content (AvgIpc) is 2.38. The summed E-state index contributed by atoms with van der Waals surface area (Å²) in [4.78, 5) is 12.9. The predicted molar refractivity (Wildman–Crippen MR) is 66.9 cm³/mol. The number of rotatable bonds is 2. The van der Waals surface area contributed by atoms with E-state index in [9.17, 15) is 9.90 Å². The fourth-order valence-electron chi connectivity index (χ4n) is 1.85. The van der Waals surface area contributed by atoms with E-state index in [1.165, 1.54) is 11.3 Å². The zero-order valence-electron chi connectivity index (χ0n) is 10.3. The monoisotopic (exact) mass is 255 g/mol. The molecule has 0 unspecified atom stereocenters. The molecule has 1 aromatic heterocycles. The molecule has 2 heterocycles. The van der Waals surface area contributed by atoms with Crippen molar-refractivity contribution in [3.05, 3.63) is 16.0 Å². The molecule has 0 aromatic carbocycles. The highest BCUT2D eigenvalue weighted by Crippen LogP contribution is 2.37. The summed E-state index contributed by atoms with van der Waals surface area (Å²) in [5, 5.41) is 13.3. The minimum atomic E-state index is -0.773. The van der Waals surface area contributed by atoms with Crippen LogP contribution in [0, 0.1) is 6.92 Å². The maximum atomic E-state index is 11.9. The predicted octanol–water partition coefficient (Wildman–Crippen LogP) is 1.49. The van der Waals surface area contributed by atoms with Crippen molar-refractivity contribution in [3.8, 4) is 5.06 Å². The highest BCUT2D eigenvalue weighted by Gasteiger charge is 2.26. The van der Waals surface area contributed by atoms with Crippen LogP contribution in [0.5, 0.6) is 5.06 Å². The molecule has 0 spiro atoms. The van der Waals surface area contributed by atoms with Gasteiger partial charge in [-0.1, -0.05) is 0 Å². The van der Waals surface area contributed by atoms with Gasteiger partial charge in [-0.2, -0.15) is 0 Å². The quantitative estimate of drug-likeness (QED) is 0.842. The Morgan fingerprint density at radius 1 is 1.53 bits per heavy atom. The van der Waals surface area contributed by atoms with E-state index in [1.54, 1.807) is 13.8 Å². The summed E-state index contributed by atoms with van der Waals surface area (Å²) >= 11 is 1.46. The highest BCUT2D eigenvalue weighted by atomic mass is 32.1. The van der Waals surface area contributed by atoms with Crippen LogP contribution >= 0.6 is 11.3 Å². The van der Waals surface area contributed by atoms with Crippen molar-refractivity contribution in [1.29, 1.82) is 0 Å². The van der Waals surface area contributed by atoms with Gasteiger partial charge in [0.25, 0.3) is 5.91 Å². The Morgan fingerprint density at radius 2 is 2.24 bits per heavy atom. The Hall–Kier alpha value is -1.07. The van der Waals surface area contributed by atoms with Gasteiger partial charge in [-0.15, -0.1) is 11.3 Å². The van der Waals surface area contributed by atoms with E-state index in [1.807, 2.05) is 6.92 Å². The number of aliphatic hydroxyl groups is 1. The molecule has 1 aliphatic heterocycles. The Balaban J connectivity index is 2.39. The summed E-state index contributed by atoms with van der Waals surface area (Å²) in [7, 11) is 0. The number of carbonyl (C=O) groups is 1. The zero-order valence-corrected chi connectivity index (χ0v) is 11.1. The van der Waals surface area contributed by atoms with Gasteiger partial charge < -0.3 is 15.2 Å². The van der Waals surface area contributed by atoms with Gasteiger partial charge in [-0.05, 0) is 26.3 Å². The molecule has 0 saturated carbocycles. The van der Waals surface area contributed by atoms with Crippen LogP contribution in [-0.2, 0) is 6.42 Å². The van der Waals surface area contributed by atoms with Crippen molar-refractivity contribution in [2.45, 2.75) is 32.8 Å². The molecule has 1 aromatic rings. The number of thiophene rings is 1. The molecule has 0 radical (unpaired) electrons. The fraction of sp³-hybridized carbons (Fsp3) is 0.583. The van der Waals surface area contributed by atoms with Gasteiger partial charge in [-0.3, -0.25) is 4.79 Å². The maximum absolute atomic E-state index is 11.9. The molecule has 0 atom stereocenters. The molecular formula is C12H17NO3S. The number of amides is 1. The van der Waals surface area contributed by atoms with Crippen molar-refractivity contribution >= 4 is 17.2 Å². The van der Waals surface area contributed by atoms with Crippen molar-refractivity contribution < 1.29 is 14.6 Å². The number of nitrogens with one attached hydrogen (secondary N) is 1. The lowest BCUT2D eigenvalue weighted by molar-refractivity contribution is 0.0815. The molecule has 17 heavy (non-hydrogen) atoms. The molecule has 4 nitrogen and oxygen atoms in total. The van der Waals surface area contributed by atoms with Crippen molar-refractivity contribution in [3.63, 3.8) is 0 Å². The third-order valence-corrected chi connectivity index (χ3v) is 3.86. The molecule has 0 bridgehead atoms. The van der Waals surface area contributed by atoms with Gasteiger partial charge in [0.15, 0.2) is 5.06 Å². The second-order valence-corrected chi connectivity index (χ2v) is 5.97. The standard InChI is InChI=1S/C12H17NO3S/c1-7-8(6-12(2,3)15)17-11-9(7)10(14)13-4-5-16-11/h15H,4-6H2,1-3H3,(H,13,14). The summed E-state index contributed by atoms with van der Waals surface area (Å²) in [6.45, 7) is 6.47. The second kappa shape index (κ2) is 4.31. The summed E-state index contributed by atoms with van der Waals surface area (Å²) in [5.74, 6) is -0.0757. The lowest BCUT2D eigenvalue weighted by Gasteiger charge is -2.16. The van der Waals surface area contributed by atoms with Crippen molar-refractivity contribution in [2.24, 2.45) is 0 Å². The minimum Gasteiger partial charge on any atom is -0.481 e. The molecule has 94 valence electrons. The van der Waals surface area contributed by atoms with Gasteiger partial charge in [0.1, 0.15) is 6.61 Å². The number of hydrogen-bond donors (Lipinski definition) is 2. The summed E-state index contributed by atoms with van der Waals surface area (Å²) in [5.41, 5.74) is 0.781. The molecule has 2 N–H and O–H groups in total. The molecular weight excluding hydrogens is 238 g/mol. The third-order valence-electron chi connectivity index (χ3n) is 2.65. The lowest BCUT2D eigenvalue weighted by Crippen LogP contribution is -2.25. The van der Waals surface area contributed by atoms with E-state index in [0.717, 1.165) is 10.4 Å². The SMILES string of the molecule is Cc1c(CC(C)(C)O)sc2c1C(=O)NCCO2. The molecule has 1 aliphatic rings.